The Morgan fingerprint density at radius 2 is 1.74 bits per heavy atom. The van der Waals surface area contributed by atoms with Gasteiger partial charge in [0.15, 0.2) is 11.4 Å². The van der Waals surface area contributed by atoms with Crippen LogP contribution in [0, 0.1) is 16.0 Å². The molecule has 1 aliphatic heterocycles. The summed E-state index contributed by atoms with van der Waals surface area (Å²) in [6.45, 7) is -0.0118. The third kappa shape index (κ3) is 3.44. The van der Waals surface area contributed by atoms with Crippen LogP contribution in [0.15, 0.2) is 54.6 Å². The number of nitrogens with zero attached hydrogens (tertiary/aromatic N) is 1. The molecule has 0 radical (unpaired) electrons. The Morgan fingerprint density at radius 3 is 2.30 bits per heavy atom. The van der Waals surface area contributed by atoms with Gasteiger partial charge in [0, 0.05) is 24.3 Å². The number of ether oxygens (including phenoxy) is 1. The second-order valence-corrected chi connectivity index (χ2v) is 6.32. The Bertz CT molecular complexity index is 836. The van der Waals surface area contributed by atoms with Gasteiger partial charge in [-0.15, -0.1) is 0 Å². The van der Waals surface area contributed by atoms with Gasteiger partial charge in [0.1, 0.15) is 0 Å². The summed E-state index contributed by atoms with van der Waals surface area (Å²) in [6.07, 6.45) is -4.77. The summed E-state index contributed by atoms with van der Waals surface area (Å²) in [6, 6.07) is 12.1. The molecule has 2 aromatic rings. The summed E-state index contributed by atoms with van der Waals surface area (Å²) in [5, 5.41) is 10.9. The highest BCUT2D eigenvalue weighted by molar-refractivity contribution is 6.03. The normalized spacial score (nSPS) is 23.0. The van der Waals surface area contributed by atoms with E-state index in [1.807, 2.05) is 0 Å². The van der Waals surface area contributed by atoms with E-state index in [-0.39, 0.29) is 36.3 Å². The SMILES string of the molecule is O=C(c1ccccc1)[C@]1(c2ccc([N+](=O)[O-])cc2)OCCC[C@@H]1C(F)(F)F. The van der Waals surface area contributed by atoms with Gasteiger partial charge in [-0.25, -0.2) is 0 Å². The first-order valence-corrected chi connectivity index (χ1v) is 8.32. The largest absolute Gasteiger partial charge is 0.395 e. The van der Waals surface area contributed by atoms with E-state index in [1.54, 1.807) is 18.2 Å². The van der Waals surface area contributed by atoms with E-state index in [1.165, 1.54) is 24.3 Å². The quantitative estimate of drug-likeness (QED) is 0.440. The van der Waals surface area contributed by atoms with Gasteiger partial charge in [0.05, 0.1) is 10.8 Å². The minimum absolute atomic E-state index is 0.0118. The van der Waals surface area contributed by atoms with Crippen molar-refractivity contribution in [2.75, 3.05) is 6.61 Å². The van der Waals surface area contributed by atoms with Crippen LogP contribution >= 0.6 is 0 Å². The Morgan fingerprint density at radius 1 is 1.11 bits per heavy atom. The lowest BCUT2D eigenvalue weighted by atomic mass is 9.72. The molecule has 0 aliphatic carbocycles. The zero-order chi connectivity index (χ0) is 19.7. The first-order chi connectivity index (χ1) is 12.8. The molecule has 27 heavy (non-hydrogen) atoms. The zero-order valence-electron chi connectivity index (χ0n) is 14.1. The van der Waals surface area contributed by atoms with Crippen molar-refractivity contribution in [3.05, 3.63) is 75.8 Å². The fourth-order valence-electron chi connectivity index (χ4n) is 3.49. The number of benzene rings is 2. The highest BCUT2D eigenvalue weighted by Crippen LogP contribution is 2.50. The predicted octanol–water partition coefficient (Wildman–Crippen LogP) is 4.66. The molecular formula is C19H16F3NO4. The van der Waals surface area contributed by atoms with Crippen LogP contribution < -0.4 is 0 Å². The van der Waals surface area contributed by atoms with Crippen molar-refractivity contribution in [1.29, 1.82) is 0 Å². The van der Waals surface area contributed by atoms with Crippen LogP contribution in [0.1, 0.15) is 28.8 Å². The molecule has 0 unspecified atom stereocenters. The number of Topliss-reactive ketones (excluding diaryl/α,β-unsaturated/α-hetero) is 1. The summed E-state index contributed by atoms with van der Waals surface area (Å²) in [7, 11) is 0. The van der Waals surface area contributed by atoms with E-state index in [4.69, 9.17) is 4.74 Å². The maximum Gasteiger partial charge on any atom is 0.395 e. The maximum atomic E-state index is 13.9. The van der Waals surface area contributed by atoms with Crippen LogP contribution in [0.4, 0.5) is 18.9 Å². The monoisotopic (exact) mass is 379 g/mol. The van der Waals surface area contributed by atoms with Crippen LogP contribution in [0.2, 0.25) is 0 Å². The first kappa shape index (κ1) is 19.0. The molecule has 0 N–H and O–H groups in total. The lowest BCUT2D eigenvalue weighted by Crippen LogP contribution is -2.53. The molecule has 0 bridgehead atoms. The van der Waals surface area contributed by atoms with Crippen LogP contribution in [-0.4, -0.2) is 23.5 Å². The summed E-state index contributed by atoms with van der Waals surface area (Å²) in [4.78, 5) is 23.5. The minimum atomic E-state index is -4.67. The number of hydrogen-bond acceptors (Lipinski definition) is 4. The number of carbonyl (C=O) groups is 1. The van der Waals surface area contributed by atoms with E-state index in [2.05, 4.69) is 0 Å². The molecule has 8 heteroatoms. The average molecular weight is 379 g/mol. The van der Waals surface area contributed by atoms with Gasteiger partial charge in [-0.05, 0) is 30.5 Å². The Kier molecular flexibility index (Phi) is 5.01. The summed E-state index contributed by atoms with van der Waals surface area (Å²) in [5.74, 6) is -2.85. The molecule has 1 aliphatic rings. The molecular weight excluding hydrogens is 363 g/mol. The number of hydrogen-bond donors (Lipinski definition) is 0. The third-order valence-corrected chi connectivity index (χ3v) is 4.73. The molecule has 1 fully saturated rings. The highest BCUT2D eigenvalue weighted by Gasteiger charge is 2.60. The van der Waals surface area contributed by atoms with Crippen LogP contribution in [0.25, 0.3) is 0 Å². The molecule has 5 nitrogen and oxygen atoms in total. The van der Waals surface area contributed by atoms with Gasteiger partial charge in [0.2, 0.25) is 0 Å². The molecule has 0 aromatic heterocycles. The Labute approximate surface area is 152 Å². The molecule has 1 heterocycles. The molecule has 142 valence electrons. The van der Waals surface area contributed by atoms with Gasteiger partial charge in [-0.1, -0.05) is 30.3 Å². The summed E-state index contributed by atoms with van der Waals surface area (Å²) >= 11 is 0. The fourth-order valence-corrected chi connectivity index (χ4v) is 3.49. The van der Waals surface area contributed by atoms with E-state index in [0.717, 1.165) is 12.1 Å². The van der Waals surface area contributed by atoms with E-state index >= 15 is 0 Å². The van der Waals surface area contributed by atoms with Gasteiger partial charge < -0.3 is 4.74 Å². The van der Waals surface area contributed by atoms with E-state index < -0.39 is 28.4 Å². The van der Waals surface area contributed by atoms with Gasteiger partial charge in [0.25, 0.3) is 5.69 Å². The Hall–Kier alpha value is -2.74. The maximum absolute atomic E-state index is 13.9. The number of alkyl halides is 3. The minimum Gasteiger partial charge on any atom is -0.361 e. The van der Waals surface area contributed by atoms with E-state index in [9.17, 15) is 28.1 Å². The van der Waals surface area contributed by atoms with Crippen LogP contribution in [-0.2, 0) is 10.3 Å². The number of nitro groups is 1. The average Bonchev–Trinajstić information content (AvgIpc) is 2.67. The molecule has 0 spiro atoms. The highest BCUT2D eigenvalue weighted by atomic mass is 19.4. The van der Waals surface area contributed by atoms with Crippen molar-refractivity contribution in [3.8, 4) is 0 Å². The van der Waals surface area contributed by atoms with Crippen molar-refractivity contribution >= 4 is 11.5 Å². The summed E-state index contributed by atoms with van der Waals surface area (Å²) in [5.41, 5.74) is -2.50. The number of halogens is 3. The zero-order valence-corrected chi connectivity index (χ0v) is 14.1. The predicted molar refractivity (Wildman–Crippen MR) is 90.3 cm³/mol. The fraction of sp³-hybridized carbons (Fsp3) is 0.316. The number of non-ortho nitro benzene ring substituents is 1. The molecule has 0 saturated carbocycles. The number of rotatable bonds is 4. The Balaban J connectivity index is 2.19. The van der Waals surface area contributed by atoms with Crippen molar-refractivity contribution in [1.82, 2.24) is 0 Å². The topological polar surface area (TPSA) is 69.4 Å². The second kappa shape index (κ2) is 7.11. The van der Waals surface area contributed by atoms with Crippen molar-refractivity contribution in [3.63, 3.8) is 0 Å². The third-order valence-electron chi connectivity index (χ3n) is 4.73. The van der Waals surface area contributed by atoms with Crippen LogP contribution in [0.3, 0.4) is 0 Å². The van der Waals surface area contributed by atoms with Crippen molar-refractivity contribution in [2.24, 2.45) is 5.92 Å². The second-order valence-electron chi connectivity index (χ2n) is 6.32. The molecule has 1 saturated heterocycles. The lowest BCUT2D eigenvalue weighted by molar-refractivity contribution is -0.384. The molecule has 2 aromatic carbocycles. The van der Waals surface area contributed by atoms with Gasteiger partial charge in [-0.2, -0.15) is 13.2 Å². The summed E-state index contributed by atoms with van der Waals surface area (Å²) < 4.78 is 47.2. The van der Waals surface area contributed by atoms with Crippen molar-refractivity contribution < 1.29 is 27.6 Å². The molecule has 2 atom stereocenters. The van der Waals surface area contributed by atoms with Crippen molar-refractivity contribution in [2.45, 2.75) is 24.6 Å². The lowest BCUT2D eigenvalue weighted by Gasteiger charge is -2.43. The number of nitro benzene ring substituents is 1. The van der Waals surface area contributed by atoms with Crippen LogP contribution in [0.5, 0.6) is 0 Å². The molecule has 0 amide bonds. The number of carbonyl (C=O) groups excluding carboxylic acids is 1. The van der Waals surface area contributed by atoms with Gasteiger partial charge in [-0.3, -0.25) is 14.9 Å². The van der Waals surface area contributed by atoms with E-state index in [0.29, 0.717) is 0 Å². The van der Waals surface area contributed by atoms with Gasteiger partial charge >= 0.3 is 6.18 Å². The first-order valence-electron chi connectivity index (χ1n) is 8.32. The smallest absolute Gasteiger partial charge is 0.361 e. The standard InChI is InChI=1S/C19H16F3NO4/c20-19(21,22)16-7-4-12-27-18(16,17(24)13-5-2-1-3-6-13)14-8-10-15(11-9-14)23(25)26/h1-3,5-6,8-11,16H,4,7,12H2/t16-,18+/m0/s1. The molecule has 3 rings (SSSR count). The number of ketones is 1.